The molecule has 2 N–H and O–H groups in total. The largest absolute Gasteiger partial charge is 0.467 e. The topological polar surface area (TPSA) is 42.4 Å². The second-order valence-electron chi connectivity index (χ2n) is 3.76. The highest BCUT2D eigenvalue weighted by Crippen LogP contribution is 2.17. The molecule has 84 valence electrons. The fourth-order valence-electron chi connectivity index (χ4n) is 1.68. The zero-order valence-corrected chi connectivity index (χ0v) is 9.39. The Kier molecular flexibility index (Phi) is 3.27. The van der Waals surface area contributed by atoms with Crippen LogP contribution in [0.25, 0.3) is 0 Å². The van der Waals surface area contributed by atoms with Crippen LogP contribution >= 0.6 is 0 Å². The first-order chi connectivity index (χ1) is 7.81. The first-order valence-electron chi connectivity index (χ1n) is 5.32. The quantitative estimate of drug-likeness (QED) is 0.853. The summed E-state index contributed by atoms with van der Waals surface area (Å²) in [7, 11) is 2.04. The summed E-state index contributed by atoms with van der Waals surface area (Å²) in [6, 6.07) is 12.1. The third-order valence-corrected chi connectivity index (χ3v) is 2.64. The molecule has 2 aromatic rings. The summed E-state index contributed by atoms with van der Waals surface area (Å²) >= 11 is 0. The lowest BCUT2D eigenvalue weighted by Gasteiger charge is -2.18. The van der Waals surface area contributed by atoms with Crippen molar-refractivity contribution in [2.24, 2.45) is 5.73 Å². The second-order valence-corrected chi connectivity index (χ2v) is 3.76. The molecule has 1 aromatic carbocycles. The normalized spacial score (nSPS) is 10.4. The minimum Gasteiger partial charge on any atom is -0.467 e. The van der Waals surface area contributed by atoms with Gasteiger partial charge in [-0.25, -0.2) is 0 Å². The lowest BCUT2D eigenvalue weighted by atomic mass is 10.2. The highest BCUT2D eigenvalue weighted by Gasteiger charge is 2.08. The molecule has 3 heteroatoms. The predicted molar refractivity (Wildman–Crippen MR) is 65.1 cm³/mol. The van der Waals surface area contributed by atoms with Crippen LogP contribution in [-0.4, -0.2) is 7.05 Å². The van der Waals surface area contributed by atoms with E-state index >= 15 is 0 Å². The first kappa shape index (κ1) is 10.8. The van der Waals surface area contributed by atoms with Gasteiger partial charge in [-0.05, 0) is 18.2 Å². The molecule has 1 heterocycles. The molecule has 0 unspecified atom stereocenters. The first-order valence-corrected chi connectivity index (χ1v) is 5.32. The van der Waals surface area contributed by atoms with E-state index in [1.807, 2.05) is 31.3 Å². The summed E-state index contributed by atoms with van der Waals surface area (Å²) in [6.45, 7) is 1.26. The Morgan fingerprint density at radius 2 is 1.94 bits per heavy atom. The van der Waals surface area contributed by atoms with Crippen LogP contribution in [0, 0.1) is 0 Å². The van der Waals surface area contributed by atoms with Crippen LogP contribution in [0.1, 0.15) is 11.3 Å². The molecule has 0 fully saturated rings. The highest BCUT2D eigenvalue weighted by atomic mass is 16.3. The second kappa shape index (κ2) is 4.86. The van der Waals surface area contributed by atoms with Crippen molar-refractivity contribution in [3.8, 4) is 0 Å². The van der Waals surface area contributed by atoms with Crippen molar-refractivity contribution >= 4 is 5.69 Å². The van der Waals surface area contributed by atoms with Crippen molar-refractivity contribution in [2.45, 2.75) is 13.1 Å². The van der Waals surface area contributed by atoms with Gasteiger partial charge >= 0.3 is 0 Å². The standard InChI is InChI=1S/C13H16N2O/c1-15(12-5-3-2-4-6-12)10-13-11(9-14)7-8-16-13/h2-8H,9-10,14H2,1H3. The van der Waals surface area contributed by atoms with E-state index in [1.54, 1.807) is 6.26 Å². The Bertz CT molecular complexity index is 436. The smallest absolute Gasteiger partial charge is 0.127 e. The third-order valence-electron chi connectivity index (χ3n) is 2.64. The summed E-state index contributed by atoms with van der Waals surface area (Å²) in [4.78, 5) is 2.14. The van der Waals surface area contributed by atoms with E-state index in [9.17, 15) is 0 Å². The van der Waals surface area contributed by atoms with Gasteiger partial charge in [-0.1, -0.05) is 18.2 Å². The Morgan fingerprint density at radius 1 is 1.19 bits per heavy atom. The third kappa shape index (κ3) is 2.25. The maximum absolute atomic E-state index is 5.63. The Morgan fingerprint density at radius 3 is 2.62 bits per heavy atom. The average molecular weight is 216 g/mol. The average Bonchev–Trinajstić information content (AvgIpc) is 2.77. The van der Waals surface area contributed by atoms with Gasteiger partial charge in [0.25, 0.3) is 0 Å². The lowest BCUT2D eigenvalue weighted by Crippen LogP contribution is -2.17. The van der Waals surface area contributed by atoms with Gasteiger partial charge in [0.05, 0.1) is 12.8 Å². The number of furan rings is 1. The van der Waals surface area contributed by atoms with Gasteiger partial charge in [-0.2, -0.15) is 0 Å². The number of para-hydroxylation sites is 1. The van der Waals surface area contributed by atoms with Gasteiger partial charge in [0.15, 0.2) is 0 Å². The molecule has 0 saturated carbocycles. The molecule has 3 nitrogen and oxygen atoms in total. The van der Waals surface area contributed by atoms with E-state index in [-0.39, 0.29) is 0 Å². The van der Waals surface area contributed by atoms with Crippen LogP contribution in [0.4, 0.5) is 5.69 Å². The highest BCUT2D eigenvalue weighted by molar-refractivity contribution is 5.45. The molecule has 0 saturated heterocycles. The molecule has 0 aliphatic rings. The molecule has 2 rings (SSSR count). The number of hydrogen-bond donors (Lipinski definition) is 1. The Labute approximate surface area is 95.5 Å². The van der Waals surface area contributed by atoms with Crippen molar-refractivity contribution < 1.29 is 4.42 Å². The molecule has 0 amide bonds. The lowest BCUT2D eigenvalue weighted by molar-refractivity contribution is 0.503. The van der Waals surface area contributed by atoms with Crippen LogP contribution in [0.3, 0.4) is 0 Å². The zero-order chi connectivity index (χ0) is 11.4. The number of nitrogens with zero attached hydrogens (tertiary/aromatic N) is 1. The molecule has 0 aliphatic carbocycles. The van der Waals surface area contributed by atoms with E-state index in [0.29, 0.717) is 6.54 Å². The number of rotatable bonds is 4. The van der Waals surface area contributed by atoms with Gasteiger partial charge in [-0.3, -0.25) is 0 Å². The number of hydrogen-bond acceptors (Lipinski definition) is 3. The summed E-state index contributed by atoms with van der Waals surface area (Å²) < 4.78 is 5.43. The van der Waals surface area contributed by atoms with Crippen LogP contribution in [-0.2, 0) is 13.1 Å². The van der Waals surface area contributed by atoms with Gasteiger partial charge < -0.3 is 15.1 Å². The fourth-order valence-corrected chi connectivity index (χ4v) is 1.68. The molecule has 0 aliphatic heterocycles. The Balaban J connectivity index is 2.11. The number of anilines is 1. The summed E-state index contributed by atoms with van der Waals surface area (Å²) in [5.41, 5.74) is 7.87. The SMILES string of the molecule is CN(Cc1occc1CN)c1ccccc1. The molecule has 0 bridgehead atoms. The molecule has 0 atom stereocenters. The monoisotopic (exact) mass is 216 g/mol. The van der Waals surface area contributed by atoms with E-state index in [0.717, 1.165) is 17.9 Å². The van der Waals surface area contributed by atoms with Crippen molar-refractivity contribution in [3.63, 3.8) is 0 Å². The van der Waals surface area contributed by atoms with Crippen LogP contribution in [0.2, 0.25) is 0 Å². The predicted octanol–water partition coefficient (Wildman–Crippen LogP) is 2.37. The molecular formula is C13H16N2O. The molecule has 0 spiro atoms. The van der Waals surface area contributed by atoms with Gasteiger partial charge in [0.2, 0.25) is 0 Å². The van der Waals surface area contributed by atoms with E-state index in [1.165, 1.54) is 5.69 Å². The van der Waals surface area contributed by atoms with Crippen molar-refractivity contribution in [1.29, 1.82) is 0 Å². The number of benzene rings is 1. The minimum absolute atomic E-state index is 0.522. The number of nitrogens with two attached hydrogens (primary N) is 1. The van der Waals surface area contributed by atoms with E-state index in [2.05, 4.69) is 17.0 Å². The van der Waals surface area contributed by atoms with Crippen LogP contribution in [0.5, 0.6) is 0 Å². The van der Waals surface area contributed by atoms with Crippen molar-refractivity contribution in [2.75, 3.05) is 11.9 Å². The van der Waals surface area contributed by atoms with E-state index in [4.69, 9.17) is 10.2 Å². The molecular weight excluding hydrogens is 200 g/mol. The van der Waals surface area contributed by atoms with Gasteiger partial charge in [0, 0.05) is 24.8 Å². The molecule has 16 heavy (non-hydrogen) atoms. The molecule has 0 radical (unpaired) electrons. The summed E-state index contributed by atoms with van der Waals surface area (Å²) in [6.07, 6.45) is 1.69. The minimum atomic E-state index is 0.522. The summed E-state index contributed by atoms with van der Waals surface area (Å²) in [5, 5.41) is 0. The maximum Gasteiger partial charge on any atom is 0.127 e. The van der Waals surface area contributed by atoms with Crippen molar-refractivity contribution in [1.82, 2.24) is 0 Å². The van der Waals surface area contributed by atoms with Crippen molar-refractivity contribution in [3.05, 3.63) is 54.0 Å². The maximum atomic E-state index is 5.63. The molecule has 1 aromatic heterocycles. The van der Waals surface area contributed by atoms with Crippen LogP contribution < -0.4 is 10.6 Å². The Hall–Kier alpha value is -1.74. The van der Waals surface area contributed by atoms with Crippen LogP contribution in [0.15, 0.2) is 47.1 Å². The van der Waals surface area contributed by atoms with Gasteiger partial charge in [0.1, 0.15) is 5.76 Å². The van der Waals surface area contributed by atoms with E-state index < -0.39 is 0 Å². The fraction of sp³-hybridized carbons (Fsp3) is 0.231. The summed E-state index contributed by atoms with van der Waals surface area (Å²) in [5.74, 6) is 0.939. The zero-order valence-electron chi connectivity index (χ0n) is 9.39. The van der Waals surface area contributed by atoms with Gasteiger partial charge in [-0.15, -0.1) is 0 Å².